The molecule has 3 nitrogen and oxygen atoms in total. The van der Waals surface area contributed by atoms with Gasteiger partial charge in [0.05, 0.1) is 0 Å². The Kier molecular flexibility index (Phi) is 3.28. The van der Waals surface area contributed by atoms with Gasteiger partial charge in [0, 0.05) is 24.8 Å². The number of hydrogen-bond donors (Lipinski definition) is 0. The van der Waals surface area contributed by atoms with E-state index in [1.807, 2.05) is 11.9 Å². The standard InChI is InChI=1S/C12H15BrN2O/c1-8(9-3-4-9)15(2)12(16)10-5-6-14-11(13)7-10/h5-9H,3-4H2,1-2H3. The third-order valence-corrected chi connectivity index (χ3v) is 3.64. The van der Waals surface area contributed by atoms with Gasteiger partial charge < -0.3 is 4.90 Å². The maximum Gasteiger partial charge on any atom is 0.253 e. The lowest BCUT2D eigenvalue weighted by Crippen LogP contribution is -2.36. The fourth-order valence-corrected chi connectivity index (χ4v) is 2.18. The first-order valence-corrected chi connectivity index (χ1v) is 6.27. The van der Waals surface area contributed by atoms with Crippen LogP contribution in [0, 0.1) is 5.92 Å². The number of carbonyl (C=O) groups excluding carboxylic acids is 1. The van der Waals surface area contributed by atoms with E-state index in [2.05, 4.69) is 27.8 Å². The highest BCUT2D eigenvalue weighted by atomic mass is 79.9. The number of carbonyl (C=O) groups is 1. The van der Waals surface area contributed by atoms with Crippen molar-refractivity contribution in [2.45, 2.75) is 25.8 Å². The van der Waals surface area contributed by atoms with E-state index in [-0.39, 0.29) is 5.91 Å². The number of rotatable bonds is 3. The summed E-state index contributed by atoms with van der Waals surface area (Å²) in [6.07, 6.45) is 4.14. The second kappa shape index (κ2) is 4.53. The first-order valence-electron chi connectivity index (χ1n) is 5.48. The summed E-state index contributed by atoms with van der Waals surface area (Å²) in [4.78, 5) is 18.0. The van der Waals surface area contributed by atoms with Crippen LogP contribution in [0.4, 0.5) is 0 Å². The summed E-state index contributed by atoms with van der Waals surface area (Å²) in [7, 11) is 1.87. The van der Waals surface area contributed by atoms with Gasteiger partial charge in [-0.05, 0) is 53.7 Å². The monoisotopic (exact) mass is 282 g/mol. The number of hydrogen-bond acceptors (Lipinski definition) is 2. The molecule has 0 aliphatic heterocycles. The summed E-state index contributed by atoms with van der Waals surface area (Å²) in [5, 5.41) is 0. The van der Waals surface area contributed by atoms with E-state index in [9.17, 15) is 4.79 Å². The van der Waals surface area contributed by atoms with Crippen molar-refractivity contribution >= 4 is 21.8 Å². The molecule has 1 atom stereocenters. The molecule has 86 valence electrons. The second-order valence-corrected chi connectivity index (χ2v) is 5.17. The van der Waals surface area contributed by atoms with Crippen molar-refractivity contribution in [1.29, 1.82) is 0 Å². The Balaban J connectivity index is 2.11. The van der Waals surface area contributed by atoms with E-state index in [0.29, 0.717) is 22.1 Å². The maximum absolute atomic E-state index is 12.1. The van der Waals surface area contributed by atoms with Crippen molar-refractivity contribution in [2.75, 3.05) is 7.05 Å². The Morgan fingerprint density at radius 1 is 1.62 bits per heavy atom. The van der Waals surface area contributed by atoms with Gasteiger partial charge in [0.15, 0.2) is 0 Å². The highest BCUT2D eigenvalue weighted by Crippen LogP contribution is 2.35. The first kappa shape index (κ1) is 11.6. The fraction of sp³-hybridized carbons (Fsp3) is 0.500. The van der Waals surface area contributed by atoms with Crippen molar-refractivity contribution in [3.05, 3.63) is 28.5 Å². The molecule has 1 amide bonds. The molecule has 2 rings (SSSR count). The number of pyridine rings is 1. The Morgan fingerprint density at radius 3 is 2.88 bits per heavy atom. The SMILES string of the molecule is CC(C1CC1)N(C)C(=O)c1ccnc(Br)c1. The van der Waals surface area contributed by atoms with Crippen LogP contribution in [0.25, 0.3) is 0 Å². The third kappa shape index (κ3) is 2.43. The second-order valence-electron chi connectivity index (χ2n) is 4.36. The molecule has 1 heterocycles. The average molecular weight is 283 g/mol. The van der Waals surface area contributed by atoms with Crippen LogP contribution in [-0.2, 0) is 0 Å². The van der Waals surface area contributed by atoms with E-state index >= 15 is 0 Å². The van der Waals surface area contributed by atoms with E-state index in [1.165, 1.54) is 12.8 Å². The number of halogens is 1. The van der Waals surface area contributed by atoms with E-state index in [0.717, 1.165) is 0 Å². The number of nitrogens with zero attached hydrogens (tertiary/aromatic N) is 2. The summed E-state index contributed by atoms with van der Waals surface area (Å²) in [5.74, 6) is 0.765. The van der Waals surface area contributed by atoms with Gasteiger partial charge in [0.2, 0.25) is 0 Å². The molecule has 4 heteroatoms. The summed E-state index contributed by atoms with van der Waals surface area (Å²) in [6.45, 7) is 2.12. The van der Waals surface area contributed by atoms with Crippen LogP contribution in [-0.4, -0.2) is 28.9 Å². The molecule has 0 aromatic carbocycles. The molecule has 1 aromatic rings. The minimum absolute atomic E-state index is 0.0718. The highest BCUT2D eigenvalue weighted by molar-refractivity contribution is 9.10. The molecular formula is C12H15BrN2O. The van der Waals surface area contributed by atoms with Gasteiger partial charge in [0.1, 0.15) is 4.60 Å². The zero-order chi connectivity index (χ0) is 11.7. The van der Waals surface area contributed by atoms with Gasteiger partial charge in [-0.25, -0.2) is 4.98 Å². The third-order valence-electron chi connectivity index (χ3n) is 3.21. The average Bonchev–Trinajstić information content (AvgIpc) is 3.10. The Bertz CT molecular complexity index is 404. The molecule has 0 N–H and O–H groups in total. The van der Waals surface area contributed by atoms with Gasteiger partial charge in [-0.1, -0.05) is 0 Å². The zero-order valence-corrected chi connectivity index (χ0v) is 11.1. The van der Waals surface area contributed by atoms with Crippen molar-refractivity contribution in [2.24, 2.45) is 5.92 Å². The molecule has 1 aliphatic carbocycles. The van der Waals surface area contributed by atoms with Crippen LogP contribution in [0.5, 0.6) is 0 Å². The Hall–Kier alpha value is -0.900. The van der Waals surface area contributed by atoms with Gasteiger partial charge in [-0.15, -0.1) is 0 Å². The van der Waals surface area contributed by atoms with Crippen LogP contribution < -0.4 is 0 Å². The molecule has 0 bridgehead atoms. The topological polar surface area (TPSA) is 33.2 Å². The van der Waals surface area contributed by atoms with E-state index in [1.54, 1.807) is 18.3 Å². The molecule has 1 aliphatic rings. The first-order chi connectivity index (χ1) is 7.59. The predicted octanol–water partition coefficient (Wildman–Crippen LogP) is 2.71. The molecule has 1 aromatic heterocycles. The predicted molar refractivity (Wildman–Crippen MR) is 66.2 cm³/mol. The van der Waals surface area contributed by atoms with Crippen LogP contribution >= 0.6 is 15.9 Å². The normalized spacial score (nSPS) is 16.9. The van der Waals surface area contributed by atoms with Crippen molar-refractivity contribution in [3.8, 4) is 0 Å². The molecule has 1 saturated carbocycles. The Morgan fingerprint density at radius 2 is 2.31 bits per heavy atom. The lowest BCUT2D eigenvalue weighted by Gasteiger charge is -2.24. The van der Waals surface area contributed by atoms with Crippen LogP contribution in [0.2, 0.25) is 0 Å². The molecule has 16 heavy (non-hydrogen) atoms. The number of amides is 1. The van der Waals surface area contributed by atoms with Crippen LogP contribution in [0.1, 0.15) is 30.1 Å². The van der Waals surface area contributed by atoms with Gasteiger partial charge >= 0.3 is 0 Å². The van der Waals surface area contributed by atoms with Crippen LogP contribution in [0.15, 0.2) is 22.9 Å². The largest absolute Gasteiger partial charge is 0.339 e. The van der Waals surface area contributed by atoms with Crippen LogP contribution in [0.3, 0.4) is 0 Å². The fourth-order valence-electron chi connectivity index (χ4n) is 1.82. The maximum atomic E-state index is 12.1. The number of aromatic nitrogens is 1. The summed E-state index contributed by atoms with van der Waals surface area (Å²) < 4.78 is 0.700. The summed E-state index contributed by atoms with van der Waals surface area (Å²) in [5.41, 5.74) is 0.692. The lowest BCUT2D eigenvalue weighted by atomic mass is 10.1. The molecular weight excluding hydrogens is 268 g/mol. The Labute approximate surface area is 104 Å². The van der Waals surface area contributed by atoms with Crippen molar-refractivity contribution in [3.63, 3.8) is 0 Å². The molecule has 1 unspecified atom stereocenters. The van der Waals surface area contributed by atoms with Crippen molar-refractivity contribution in [1.82, 2.24) is 9.88 Å². The highest BCUT2D eigenvalue weighted by Gasteiger charge is 2.32. The van der Waals surface area contributed by atoms with E-state index in [4.69, 9.17) is 0 Å². The summed E-state index contributed by atoms with van der Waals surface area (Å²) in [6, 6.07) is 3.85. The quantitative estimate of drug-likeness (QED) is 0.799. The molecule has 0 spiro atoms. The minimum Gasteiger partial charge on any atom is -0.339 e. The van der Waals surface area contributed by atoms with Crippen molar-refractivity contribution < 1.29 is 4.79 Å². The molecule has 0 radical (unpaired) electrons. The van der Waals surface area contributed by atoms with Gasteiger partial charge in [-0.3, -0.25) is 4.79 Å². The van der Waals surface area contributed by atoms with E-state index < -0.39 is 0 Å². The lowest BCUT2D eigenvalue weighted by molar-refractivity contribution is 0.0727. The zero-order valence-electron chi connectivity index (χ0n) is 9.48. The van der Waals surface area contributed by atoms with Gasteiger partial charge in [0.25, 0.3) is 5.91 Å². The van der Waals surface area contributed by atoms with Gasteiger partial charge in [-0.2, -0.15) is 0 Å². The summed E-state index contributed by atoms with van der Waals surface area (Å²) >= 11 is 3.28. The minimum atomic E-state index is 0.0718. The molecule has 0 saturated heterocycles. The smallest absolute Gasteiger partial charge is 0.253 e. The molecule has 1 fully saturated rings.